The second kappa shape index (κ2) is 5.52. The third kappa shape index (κ3) is 3.31. The first-order chi connectivity index (χ1) is 9.06. The van der Waals surface area contributed by atoms with Gasteiger partial charge in [0.25, 0.3) is 5.91 Å². The number of nitrogens with one attached hydrogen (secondary N) is 1. The molecule has 0 saturated carbocycles. The molecule has 4 heteroatoms. The molecule has 0 spiro atoms. The molecule has 0 saturated heterocycles. The van der Waals surface area contributed by atoms with Crippen LogP contribution in [0.3, 0.4) is 0 Å². The lowest BCUT2D eigenvalue weighted by Crippen LogP contribution is -2.13. The quantitative estimate of drug-likeness (QED) is 0.885. The number of hydrogen-bond acceptors (Lipinski definition) is 3. The molecule has 0 radical (unpaired) electrons. The molecule has 1 amide bonds. The van der Waals surface area contributed by atoms with E-state index in [0.717, 1.165) is 0 Å². The predicted molar refractivity (Wildman–Crippen MR) is 77.1 cm³/mol. The lowest BCUT2D eigenvalue weighted by Gasteiger charge is -2.07. The lowest BCUT2D eigenvalue weighted by molar-refractivity contribution is 0.102. The molecule has 2 rings (SSSR count). The number of nitrogens with zero attached hydrogens (tertiary/aromatic N) is 1. The van der Waals surface area contributed by atoms with Crippen molar-refractivity contribution in [2.75, 3.05) is 11.1 Å². The summed E-state index contributed by atoms with van der Waals surface area (Å²) in [6.45, 7) is 4.24. The summed E-state index contributed by atoms with van der Waals surface area (Å²) >= 11 is 0. The molecule has 1 aromatic heterocycles. The largest absolute Gasteiger partial charge is 0.397 e. The van der Waals surface area contributed by atoms with Crippen molar-refractivity contribution in [2.24, 2.45) is 0 Å². The summed E-state index contributed by atoms with van der Waals surface area (Å²) in [5.74, 6) is 0.774. The number of carbonyl (C=O) groups excluding carboxylic acids is 1. The highest BCUT2D eigenvalue weighted by molar-refractivity contribution is 6.03. The van der Waals surface area contributed by atoms with Crippen LogP contribution in [-0.4, -0.2) is 10.9 Å². The number of nitrogens with two attached hydrogens (primary N) is 1. The molecule has 19 heavy (non-hydrogen) atoms. The van der Waals surface area contributed by atoms with E-state index in [2.05, 4.69) is 24.1 Å². The predicted octanol–water partition coefficient (Wildman–Crippen LogP) is 3.04. The fraction of sp³-hybridized carbons (Fsp3) is 0.200. The Hall–Kier alpha value is -2.36. The maximum atomic E-state index is 12.0. The molecule has 98 valence electrons. The minimum Gasteiger partial charge on any atom is -0.397 e. The van der Waals surface area contributed by atoms with E-state index in [1.54, 1.807) is 12.1 Å². The van der Waals surface area contributed by atoms with Gasteiger partial charge in [0.15, 0.2) is 0 Å². The van der Waals surface area contributed by atoms with Gasteiger partial charge in [-0.2, -0.15) is 0 Å². The first-order valence-corrected chi connectivity index (χ1v) is 6.19. The summed E-state index contributed by atoms with van der Waals surface area (Å²) in [5.41, 5.74) is 7.93. The highest BCUT2D eigenvalue weighted by Gasteiger charge is 2.07. The van der Waals surface area contributed by atoms with Gasteiger partial charge >= 0.3 is 0 Å². The number of nitrogen functional groups attached to an aromatic ring is 1. The number of rotatable bonds is 3. The number of anilines is 2. The average molecular weight is 255 g/mol. The summed E-state index contributed by atoms with van der Waals surface area (Å²) in [6.07, 6.45) is 1.51. The van der Waals surface area contributed by atoms with Crippen LogP contribution in [0.25, 0.3) is 0 Å². The van der Waals surface area contributed by atoms with Crippen LogP contribution >= 0.6 is 0 Å². The first kappa shape index (κ1) is 13.1. The monoisotopic (exact) mass is 255 g/mol. The SMILES string of the molecule is CC(C)c1ccc(C(=O)Nc2ccc(N)cn2)cc1. The number of carbonyl (C=O) groups is 1. The van der Waals surface area contributed by atoms with Gasteiger partial charge in [0, 0.05) is 5.56 Å². The van der Waals surface area contributed by atoms with Crippen molar-refractivity contribution in [2.45, 2.75) is 19.8 Å². The van der Waals surface area contributed by atoms with Gasteiger partial charge in [-0.3, -0.25) is 4.79 Å². The van der Waals surface area contributed by atoms with Gasteiger partial charge in [0.05, 0.1) is 11.9 Å². The minimum absolute atomic E-state index is 0.174. The molecule has 1 heterocycles. The van der Waals surface area contributed by atoms with Crippen molar-refractivity contribution in [1.29, 1.82) is 0 Å². The molecular weight excluding hydrogens is 238 g/mol. The van der Waals surface area contributed by atoms with E-state index < -0.39 is 0 Å². The summed E-state index contributed by atoms with van der Waals surface area (Å²) in [4.78, 5) is 16.0. The second-order valence-corrected chi connectivity index (χ2v) is 4.71. The van der Waals surface area contributed by atoms with Crippen molar-refractivity contribution in [1.82, 2.24) is 4.98 Å². The molecule has 0 unspecified atom stereocenters. The van der Waals surface area contributed by atoms with Crippen LogP contribution < -0.4 is 11.1 Å². The molecule has 4 nitrogen and oxygen atoms in total. The zero-order valence-electron chi connectivity index (χ0n) is 11.1. The smallest absolute Gasteiger partial charge is 0.256 e. The molecule has 0 atom stereocenters. The number of hydrogen-bond donors (Lipinski definition) is 2. The molecule has 0 aliphatic heterocycles. The topological polar surface area (TPSA) is 68.0 Å². The number of benzene rings is 1. The average Bonchev–Trinajstić information content (AvgIpc) is 2.41. The summed E-state index contributed by atoms with van der Waals surface area (Å²) in [5, 5.41) is 2.73. The van der Waals surface area contributed by atoms with E-state index in [1.165, 1.54) is 11.8 Å². The van der Waals surface area contributed by atoms with E-state index in [1.807, 2.05) is 24.3 Å². The molecule has 0 fully saturated rings. The van der Waals surface area contributed by atoms with Crippen LogP contribution in [0.15, 0.2) is 42.6 Å². The van der Waals surface area contributed by atoms with Crippen LogP contribution in [0.5, 0.6) is 0 Å². The zero-order chi connectivity index (χ0) is 13.8. The van der Waals surface area contributed by atoms with Gasteiger partial charge in [0.1, 0.15) is 5.82 Å². The molecule has 1 aromatic carbocycles. The maximum absolute atomic E-state index is 12.0. The van der Waals surface area contributed by atoms with E-state index in [0.29, 0.717) is 23.0 Å². The van der Waals surface area contributed by atoms with E-state index >= 15 is 0 Å². The van der Waals surface area contributed by atoms with Crippen molar-refractivity contribution in [3.8, 4) is 0 Å². The van der Waals surface area contributed by atoms with Gasteiger partial charge < -0.3 is 11.1 Å². The number of pyridine rings is 1. The van der Waals surface area contributed by atoms with Crippen LogP contribution in [0, 0.1) is 0 Å². The molecule has 0 aliphatic rings. The van der Waals surface area contributed by atoms with Crippen LogP contribution in [0.1, 0.15) is 35.7 Å². The molecule has 0 bridgehead atoms. The molecular formula is C15H17N3O. The maximum Gasteiger partial charge on any atom is 0.256 e. The van der Waals surface area contributed by atoms with Gasteiger partial charge in [-0.05, 0) is 35.7 Å². The van der Waals surface area contributed by atoms with E-state index in [9.17, 15) is 4.79 Å². The fourth-order valence-corrected chi connectivity index (χ4v) is 1.69. The minimum atomic E-state index is -0.174. The van der Waals surface area contributed by atoms with Gasteiger partial charge in [0.2, 0.25) is 0 Å². The summed E-state index contributed by atoms with van der Waals surface area (Å²) in [7, 11) is 0. The Bertz CT molecular complexity index is 559. The third-order valence-corrected chi connectivity index (χ3v) is 2.87. The Morgan fingerprint density at radius 3 is 2.37 bits per heavy atom. The van der Waals surface area contributed by atoms with Crippen LogP contribution in [-0.2, 0) is 0 Å². The summed E-state index contributed by atoms with van der Waals surface area (Å²) in [6, 6.07) is 11.0. The highest BCUT2D eigenvalue weighted by atomic mass is 16.1. The normalized spacial score (nSPS) is 10.5. The fourth-order valence-electron chi connectivity index (χ4n) is 1.69. The second-order valence-electron chi connectivity index (χ2n) is 4.71. The van der Waals surface area contributed by atoms with E-state index in [4.69, 9.17) is 5.73 Å². The highest BCUT2D eigenvalue weighted by Crippen LogP contribution is 2.15. The number of aromatic nitrogens is 1. The van der Waals surface area contributed by atoms with E-state index in [-0.39, 0.29) is 5.91 Å². The Morgan fingerprint density at radius 1 is 1.16 bits per heavy atom. The standard InChI is InChI=1S/C15H17N3O/c1-10(2)11-3-5-12(6-4-11)15(19)18-14-8-7-13(16)9-17-14/h3-10H,16H2,1-2H3,(H,17,18,19). The molecule has 0 aliphatic carbocycles. The Labute approximate surface area is 112 Å². The van der Waals surface area contributed by atoms with Crippen molar-refractivity contribution in [3.05, 3.63) is 53.7 Å². The Kier molecular flexibility index (Phi) is 3.80. The van der Waals surface area contributed by atoms with Gasteiger partial charge in [-0.1, -0.05) is 26.0 Å². The molecule has 3 N–H and O–H groups in total. The Morgan fingerprint density at radius 2 is 1.84 bits per heavy atom. The first-order valence-electron chi connectivity index (χ1n) is 6.19. The van der Waals surface area contributed by atoms with Gasteiger partial charge in [-0.15, -0.1) is 0 Å². The van der Waals surface area contributed by atoms with Crippen molar-refractivity contribution in [3.63, 3.8) is 0 Å². The summed E-state index contributed by atoms with van der Waals surface area (Å²) < 4.78 is 0. The van der Waals surface area contributed by atoms with Crippen molar-refractivity contribution < 1.29 is 4.79 Å². The third-order valence-electron chi connectivity index (χ3n) is 2.87. The zero-order valence-corrected chi connectivity index (χ0v) is 11.1. The number of amides is 1. The van der Waals surface area contributed by atoms with Gasteiger partial charge in [-0.25, -0.2) is 4.98 Å². The molecule has 2 aromatic rings. The van der Waals surface area contributed by atoms with Crippen molar-refractivity contribution >= 4 is 17.4 Å². The Balaban J connectivity index is 2.09. The van der Waals surface area contributed by atoms with Crippen LogP contribution in [0.4, 0.5) is 11.5 Å². The lowest BCUT2D eigenvalue weighted by atomic mass is 10.0. The van der Waals surface area contributed by atoms with Crippen LogP contribution in [0.2, 0.25) is 0 Å².